The van der Waals surface area contributed by atoms with E-state index in [1.165, 1.54) is 6.26 Å². The quantitative estimate of drug-likeness (QED) is 0.783. The van der Waals surface area contributed by atoms with E-state index in [1.807, 2.05) is 0 Å². The van der Waals surface area contributed by atoms with Gasteiger partial charge in [0.2, 0.25) is 6.79 Å². The molecule has 2 aromatic rings. The third-order valence-electron chi connectivity index (χ3n) is 3.07. The average molecular weight is 272 g/mol. The molecule has 5 heteroatoms. The zero-order chi connectivity index (χ0) is 13.9. The highest BCUT2D eigenvalue weighted by Gasteiger charge is 2.17. The van der Waals surface area contributed by atoms with Gasteiger partial charge in [-0.25, -0.2) is 0 Å². The molecule has 0 N–H and O–H groups in total. The number of rotatable bonds is 5. The lowest BCUT2D eigenvalue weighted by Gasteiger charge is -2.02. The van der Waals surface area contributed by atoms with E-state index in [4.69, 9.17) is 13.9 Å². The van der Waals surface area contributed by atoms with Gasteiger partial charge in [0.05, 0.1) is 6.26 Å². The highest BCUT2D eigenvalue weighted by Crippen LogP contribution is 2.32. The van der Waals surface area contributed by atoms with Crippen LogP contribution in [0.25, 0.3) is 0 Å². The maximum absolute atomic E-state index is 12.0. The van der Waals surface area contributed by atoms with Crippen LogP contribution in [-0.2, 0) is 0 Å². The first-order valence-corrected chi connectivity index (χ1v) is 6.23. The molecule has 0 spiro atoms. The van der Waals surface area contributed by atoms with Crippen LogP contribution in [0.4, 0.5) is 0 Å². The number of hydrogen-bond donors (Lipinski definition) is 0. The summed E-state index contributed by atoms with van der Waals surface area (Å²) in [5.41, 5.74) is 0.515. The molecule has 0 atom stereocenters. The number of benzene rings is 1. The molecule has 102 valence electrons. The minimum atomic E-state index is -0.177. The first kappa shape index (κ1) is 12.5. The summed E-state index contributed by atoms with van der Waals surface area (Å²) in [7, 11) is 0. The lowest BCUT2D eigenvalue weighted by Crippen LogP contribution is -2.04. The van der Waals surface area contributed by atoms with E-state index in [-0.39, 0.29) is 37.0 Å². The zero-order valence-corrected chi connectivity index (χ0v) is 10.6. The molecule has 3 rings (SSSR count). The van der Waals surface area contributed by atoms with Crippen molar-refractivity contribution in [2.24, 2.45) is 0 Å². The number of fused-ring (bicyclic) bond motifs is 1. The fourth-order valence-electron chi connectivity index (χ4n) is 2.00. The molecule has 0 aliphatic carbocycles. The van der Waals surface area contributed by atoms with Gasteiger partial charge in [-0.15, -0.1) is 0 Å². The summed E-state index contributed by atoms with van der Waals surface area (Å²) in [5.74, 6) is 1.19. The molecule has 0 bridgehead atoms. The Labute approximate surface area is 115 Å². The zero-order valence-electron chi connectivity index (χ0n) is 10.6. The van der Waals surface area contributed by atoms with Crippen LogP contribution in [0.3, 0.4) is 0 Å². The molecule has 1 aliphatic heterocycles. The van der Waals surface area contributed by atoms with Crippen LogP contribution >= 0.6 is 0 Å². The lowest BCUT2D eigenvalue weighted by molar-refractivity contribution is 0.0902. The Kier molecular flexibility index (Phi) is 3.25. The van der Waals surface area contributed by atoms with Gasteiger partial charge >= 0.3 is 0 Å². The van der Waals surface area contributed by atoms with Crippen molar-refractivity contribution < 1.29 is 23.5 Å². The molecular weight excluding hydrogens is 260 g/mol. The molecule has 0 radical (unpaired) electrons. The molecular formula is C15H12O5. The number of furan rings is 1. The Balaban J connectivity index is 1.63. The normalized spacial score (nSPS) is 12.4. The second kappa shape index (κ2) is 5.21. The maximum atomic E-state index is 12.0. The Morgan fingerprint density at radius 2 is 1.80 bits per heavy atom. The summed E-state index contributed by atoms with van der Waals surface area (Å²) < 4.78 is 15.4. The van der Waals surface area contributed by atoms with Crippen LogP contribution in [0.1, 0.15) is 33.8 Å². The van der Waals surface area contributed by atoms with Gasteiger partial charge in [0.1, 0.15) is 0 Å². The van der Waals surface area contributed by atoms with Gasteiger partial charge in [0.25, 0.3) is 0 Å². The van der Waals surface area contributed by atoms with Crippen LogP contribution in [-0.4, -0.2) is 18.4 Å². The van der Waals surface area contributed by atoms with Crippen molar-refractivity contribution in [1.82, 2.24) is 0 Å². The minimum Gasteiger partial charge on any atom is -0.461 e. The van der Waals surface area contributed by atoms with E-state index in [9.17, 15) is 9.59 Å². The Bertz CT molecular complexity index is 642. The average Bonchev–Trinajstić information content (AvgIpc) is 3.13. The van der Waals surface area contributed by atoms with Crippen molar-refractivity contribution >= 4 is 11.6 Å². The van der Waals surface area contributed by atoms with E-state index in [2.05, 4.69) is 0 Å². The SMILES string of the molecule is O=C(CCC(=O)c1ccco1)c1ccc2c(c1)OCO2. The van der Waals surface area contributed by atoms with Crippen molar-refractivity contribution in [3.8, 4) is 11.5 Å². The summed E-state index contributed by atoms with van der Waals surface area (Å²) in [6, 6.07) is 8.25. The van der Waals surface area contributed by atoms with Gasteiger partial charge in [-0.1, -0.05) is 0 Å². The van der Waals surface area contributed by atoms with Crippen molar-refractivity contribution in [3.63, 3.8) is 0 Å². The van der Waals surface area contributed by atoms with Gasteiger partial charge in [-0.05, 0) is 30.3 Å². The summed E-state index contributed by atoms with van der Waals surface area (Å²) in [6.45, 7) is 0.171. The van der Waals surface area contributed by atoms with E-state index < -0.39 is 0 Å². The number of Topliss-reactive ketones (excluding diaryl/α,β-unsaturated/α-hetero) is 2. The molecule has 0 fully saturated rings. The summed E-state index contributed by atoms with van der Waals surface area (Å²) in [4.78, 5) is 23.8. The Morgan fingerprint density at radius 1 is 1.00 bits per heavy atom. The topological polar surface area (TPSA) is 65.7 Å². The molecule has 5 nitrogen and oxygen atoms in total. The molecule has 0 saturated carbocycles. The van der Waals surface area contributed by atoms with Crippen LogP contribution < -0.4 is 9.47 Å². The number of ether oxygens (including phenoxy) is 2. The van der Waals surface area contributed by atoms with Gasteiger partial charge in [0, 0.05) is 18.4 Å². The molecule has 0 unspecified atom stereocenters. The van der Waals surface area contributed by atoms with Gasteiger partial charge in [-0.3, -0.25) is 9.59 Å². The third-order valence-corrected chi connectivity index (χ3v) is 3.07. The van der Waals surface area contributed by atoms with Crippen LogP contribution in [0.15, 0.2) is 41.0 Å². The summed E-state index contributed by atoms with van der Waals surface area (Å²) in [5, 5.41) is 0. The Morgan fingerprint density at radius 3 is 2.60 bits per heavy atom. The maximum Gasteiger partial charge on any atom is 0.231 e. The monoisotopic (exact) mass is 272 g/mol. The van der Waals surface area contributed by atoms with Crippen molar-refractivity contribution in [3.05, 3.63) is 47.9 Å². The second-order valence-electron chi connectivity index (χ2n) is 4.39. The summed E-state index contributed by atoms with van der Waals surface area (Å²) >= 11 is 0. The number of carbonyl (C=O) groups is 2. The molecule has 2 heterocycles. The van der Waals surface area contributed by atoms with E-state index >= 15 is 0 Å². The molecule has 20 heavy (non-hydrogen) atoms. The van der Waals surface area contributed by atoms with Crippen LogP contribution in [0.2, 0.25) is 0 Å². The predicted octanol–water partition coefficient (Wildman–Crippen LogP) is 2.85. The van der Waals surface area contributed by atoms with Crippen molar-refractivity contribution in [1.29, 1.82) is 0 Å². The number of ketones is 2. The molecule has 1 aliphatic rings. The standard InChI is InChI=1S/C15H12O5/c16-11(4-5-12(17)13-2-1-7-18-13)10-3-6-14-15(8-10)20-9-19-14/h1-3,6-8H,4-5,9H2. The van der Waals surface area contributed by atoms with Crippen molar-refractivity contribution in [2.75, 3.05) is 6.79 Å². The molecule has 1 aromatic carbocycles. The van der Waals surface area contributed by atoms with E-state index in [1.54, 1.807) is 30.3 Å². The van der Waals surface area contributed by atoms with E-state index in [0.29, 0.717) is 17.1 Å². The fraction of sp³-hybridized carbons (Fsp3) is 0.200. The predicted molar refractivity (Wildman–Crippen MR) is 69.2 cm³/mol. The Hall–Kier alpha value is -2.56. The van der Waals surface area contributed by atoms with Crippen LogP contribution in [0, 0.1) is 0 Å². The van der Waals surface area contributed by atoms with Gasteiger partial charge < -0.3 is 13.9 Å². The number of hydrogen-bond acceptors (Lipinski definition) is 5. The van der Waals surface area contributed by atoms with Gasteiger partial charge in [-0.2, -0.15) is 0 Å². The molecule has 1 aromatic heterocycles. The minimum absolute atomic E-state index is 0.108. The highest BCUT2D eigenvalue weighted by atomic mass is 16.7. The lowest BCUT2D eigenvalue weighted by atomic mass is 10.0. The molecule has 0 amide bonds. The van der Waals surface area contributed by atoms with Crippen molar-refractivity contribution in [2.45, 2.75) is 12.8 Å². The molecule has 0 saturated heterocycles. The van der Waals surface area contributed by atoms with Gasteiger partial charge in [0.15, 0.2) is 28.8 Å². The summed E-state index contributed by atoms with van der Waals surface area (Å²) in [6.07, 6.45) is 1.70. The van der Waals surface area contributed by atoms with Crippen LogP contribution in [0.5, 0.6) is 11.5 Å². The smallest absolute Gasteiger partial charge is 0.231 e. The van der Waals surface area contributed by atoms with E-state index in [0.717, 1.165) is 0 Å². The fourth-order valence-corrected chi connectivity index (χ4v) is 2.00. The first-order chi connectivity index (χ1) is 9.74. The first-order valence-electron chi connectivity index (χ1n) is 6.23. The highest BCUT2D eigenvalue weighted by molar-refractivity contribution is 6.01. The largest absolute Gasteiger partial charge is 0.461 e. The number of carbonyl (C=O) groups excluding carboxylic acids is 2. The third kappa shape index (κ3) is 2.42. The second-order valence-corrected chi connectivity index (χ2v) is 4.39.